The molecule has 0 radical (unpaired) electrons. The highest BCUT2D eigenvalue weighted by atomic mass is 31.2. The largest absolute Gasteiger partial charge is 0.462 e. The molecule has 2 heterocycles. The summed E-state index contributed by atoms with van der Waals surface area (Å²) in [6.07, 6.45) is 4.33. The number of furan rings is 1. The fourth-order valence-electron chi connectivity index (χ4n) is 2.53. The zero-order valence-corrected chi connectivity index (χ0v) is 15.3. The summed E-state index contributed by atoms with van der Waals surface area (Å²) in [7, 11) is -1.55. The van der Waals surface area contributed by atoms with Crippen molar-refractivity contribution in [1.29, 1.82) is 0 Å². The van der Waals surface area contributed by atoms with Crippen molar-refractivity contribution in [2.75, 3.05) is 13.2 Å². The lowest BCUT2D eigenvalue weighted by Gasteiger charge is -2.16. The average Bonchev–Trinajstić information content (AvgIpc) is 3.05. The maximum Gasteiger partial charge on any atom is 0.365 e. The van der Waals surface area contributed by atoms with E-state index in [1.165, 1.54) is 6.26 Å². The van der Waals surface area contributed by atoms with Crippen LogP contribution >= 0.6 is 7.60 Å². The third-order valence-corrected chi connectivity index (χ3v) is 5.42. The van der Waals surface area contributed by atoms with Crippen LogP contribution in [0, 0.1) is 5.92 Å². The van der Waals surface area contributed by atoms with Gasteiger partial charge in [-0.05, 0) is 32.3 Å². The van der Waals surface area contributed by atoms with Gasteiger partial charge in [-0.3, -0.25) is 9.25 Å². The molecule has 0 unspecified atom stereocenters. The lowest BCUT2D eigenvalue weighted by Crippen LogP contribution is -2.12. The normalized spacial score (nSPS) is 12.3. The van der Waals surface area contributed by atoms with Crippen LogP contribution in [0.2, 0.25) is 0 Å². The summed E-state index contributed by atoms with van der Waals surface area (Å²) in [5.41, 5.74) is 1.75. The zero-order chi connectivity index (χ0) is 17.0. The molecule has 0 saturated carbocycles. The summed E-state index contributed by atoms with van der Waals surface area (Å²) in [5, 5.41) is 4.93. The number of rotatable bonds is 8. The highest BCUT2D eigenvalue weighted by Gasteiger charge is 2.34. The van der Waals surface area contributed by atoms with Gasteiger partial charge in [0.25, 0.3) is 0 Å². The van der Waals surface area contributed by atoms with Gasteiger partial charge in [0.05, 0.1) is 19.5 Å². The predicted octanol–water partition coefficient (Wildman–Crippen LogP) is 3.77. The first-order valence-corrected chi connectivity index (χ1v) is 9.45. The molecular weight excluding hydrogens is 315 g/mol. The first-order chi connectivity index (χ1) is 10.9. The highest BCUT2D eigenvalue weighted by molar-refractivity contribution is 7.62. The molecule has 7 heteroatoms. The fourth-order valence-corrected chi connectivity index (χ4v) is 4.21. The van der Waals surface area contributed by atoms with E-state index in [9.17, 15) is 4.57 Å². The van der Waals surface area contributed by atoms with E-state index < -0.39 is 7.60 Å². The molecular formula is C16H25N2O4P. The lowest BCUT2D eigenvalue weighted by atomic mass is 10.0. The van der Waals surface area contributed by atoms with Gasteiger partial charge in [-0.25, -0.2) is 0 Å². The second-order valence-corrected chi connectivity index (χ2v) is 7.74. The van der Waals surface area contributed by atoms with Crippen LogP contribution in [-0.2, 0) is 27.1 Å². The lowest BCUT2D eigenvalue weighted by molar-refractivity contribution is 0.230. The Morgan fingerprint density at radius 1 is 1.30 bits per heavy atom. The molecule has 0 N–H and O–H groups in total. The van der Waals surface area contributed by atoms with E-state index in [1.807, 2.05) is 13.2 Å². The number of aromatic nitrogens is 2. The molecule has 0 bridgehead atoms. The molecule has 0 aromatic carbocycles. The summed E-state index contributed by atoms with van der Waals surface area (Å²) in [4.78, 5) is 0. The van der Waals surface area contributed by atoms with Crippen LogP contribution in [0.4, 0.5) is 0 Å². The van der Waals surface area contributed by atoms with E-state index in [2.05, 4.69) is 18.9 Å². The molecule has 0 spiro atoms. The van der Waals surface area contributed by atoms with Crippen LogP contribution in [0.3, 0.4) is 0 Å². The smallest absolute Gasteiger partial charge is 0.365 e. The number of nitrogens with zero attached hydrogens (tertiary/aromatic N) is 2. The summed E-state index contributed by atoms with van der Waals surface area (Å²) in [6.45, 7) is 8.45. The Hall–Kier alpha value is -1.36. The predicted molar refractivity (Wildman–Crippen MR) is 89.9 cm³/mol. The van der Waals surface area contributed by atoms with Crippen LogP contribution in [0.15, 0.2) is 22.9 Å². The van der Waals surface area contributed by atoms with Crippen LogP contribution in [0.1, 0.15) is 33.3 Å². The minimum absolute atomic E-state index is 0.295. The molecule has 0 atom stereocenters. The summed E-state index contributed by atoms with van der Waals surface area (Å²) < 4.78 is 31.3. The minimum Gasteiger partial charge on any atom is -0.462 e. The monoisotopic (exact) mass is 340 g/mol. The second-order valence-electron chi connectivity index (χ2n) is 5.74. The van der Waals surface area contributed by atoms with Crippen LogP contribution < -0.4 is 5.30 Å². The fraction of sp³-hybridized carbons (Fsp3) is 0.562. The summed E-state index contributed by atoms with van der Waals surface area (Å²) in [5.74, 6) is 0.938. The molecule has 0 saturated heterocycles. The Morgan fingerprint density at radius 2 is 1.96 bits per heavy atom. The SMILES string of the molecule is CCOP(=O)(OCC)c1ccoc1-c1nn(C)cc1CC(C)C. The van der Waals surface area contributed by atoms with Gasteiger partial charge in [0, 0.05) is 18.8 Å². The first-order valence-electron chi connectivity index (χ1n) is 7.91. The Balaban J connectivity index is 2.51. The maximum absolute atomic E-state index is 13.1. The highest BCUT2D eigenvalue weighted by Crippen LogP contribution is 2.49. The van der Waals surface area contributed by atoms with Gasteiger partial charge in [0.1, 0.15) is 11.0 Å². The third kappa shape index (κ3) is 3.94. The van der Waals surface area contributed by atoms with Crippen molar-refractivity contribution in [3.63, 3.8) is 0 Å². The van der Waals surface area contributed by atoms with Crippen molar-refractivity contribution in [3.8, 4) is 11.5 Å². The summed E-state index contributed by atoms with van der Waals surface area (Å²) in [6, 6.07) is 1.65. The van der Waals surface area contributed by atoms with Gasteiger partial charge in [-0.1, -0.05) is 13.8 Å². The van der Waals surface area contributed by atoms with Crippen molar-refractivity contribution in [3.05, 3.63) is 24.1 Å². The molecule has 23 heavy (non-hydrogen) atoms. The molecule has 0 amide bonds. The minimum atomic E-state index is -3.41. The Labute approximate surface area is 137 Å². The van der Waals surface area contributed by atoms with Gasteiger partial charge in [-0.2, -0.15) is 5.10 Å². The van der Waals surface area contributed by atoms with Crippen molar-refractivity contribution in [1.82, 2.24) is 9.78 Å². The topological polar surface area (TPSA) is 66.5 Å². The van der Waals surface area contributed by atoms with Gasteiger partial charge in [0.15, 0.2) is 5.76 Å². The second kappa shape index (κ2) is 7.47. The molecule has 6 nitrogen and oxygen atoms in total. The molecule has 2 aromatic heterocycles. The summed E-state index contributed by atoms with van der Waals surface area (Å²) >= 11 is 0. The average molecular weight is 340 g/mol. The molecule has 0 aliphatic heterocycles. The Morgan fingerprint density at radius 3 is 2.52 bits per heavy atom. The van der Waals surface area contributed by atoms with Crippen molar-refractivity contribution < 1.29 is 18.0 Å². The molecule has 0 aliphatic carbocycles. The van der Waals surface area contributed by atoms with Gasteiger partial charge >= 0.3 is 7.60 Å². The molecule has 0 fully saturated rings. The van der Waals surface area contributed by atoms with Crippen LogP contribution in [-0.4, -0.2) is 23.0 Å². The van der Waals surface area contributed by atoms with E-state index in [1.54, 1.807) is 24.6 Å². The molecule has 2 rings (SSSR count). The van der Waals surface area contributed by atoms with E-state index >= 15 is 0 Å². The molecule has 128 valence electrons. The van der Waals surface area contributed by atoms with Gasteiger partial charge in [0.2, 0.25) is 0 Å². The molecule has 0 aliphatic rings. The Kier molecular flexibility index (Phi) is 5.84. The number of hydrogen-bond donors (Lipinski definition) is 0. The number of hydrogen-bond acceptors (Lipinski definition) is 5. The third-order valence-electron chi connectivity index (χ3n) is 3.29. The molecule has 2 aromatic rings. The van der Waals surface area contributed by atoms with Crippen LogP contribution in [0.5, 0.6) is 0 Å². The van der Waals surface area contributed by atoms with E-state index in [-0.39, 0.29) is 0 Å². The van der Waals surface area contributed by atoms with Gasteiger partial charge in [-0.15, -0.1) is 0 Å². The van der Waals surface area contributed by atoms with Crippen molar-refractivity contribution >= 4 is 12.9 Å². The standard InChI is InChI=1S/C16H25N2O4P/c1-6-21-23(19,22-7-2)14-8-9-20-16(14)15-13(10-12(3)4)11-18(5)17-15/h8-9,11-12H,6-7,10H2,1-5H3. The van der Waals surface area contributed by atoms with Crippen molar-refractivity contribution in [2.24, 2.45) is 13.0 Å². The van der Waals surface area contributed by atoms with E-state index in [0.717, 1.165) is 12.0 Å². The maximum atomic E-state index is 13.1. The van der Waals surface area contributed by atoms with Crippen LogP contribution in [0.25, 0.3) is 11.5 Å². The first kappa shape index (κ1) is 18.0. The van der Waals surface area contributed by atoms with Crippen molar-refractivity contribution in [2.45, 2.75) is 34.1 Å². The number of aryl methyl sites for hydroxylation is 1. The quantitative estimate of drug-likeness (QED) is 0.684. The Bertz CT molecular complexity index is 680. The van der Waals surface area contributed by atoms with Gasteiger partial charge < -0.3 is 13.5 Å². The zero-order valence-electron chi connectivity index (χ0n) is 14.4. The van der Waals surface area contributed by atoms with E-state index in [4.69, 9.17) is 13.5 Å². The van der Waals surface area contributed by atoms with E-state index in [0.29, 0.717) is 35.9 Å².